The van der Waals surface area contributed by atoms with Crippen LogP contribution in [0.4, 0.5) is 0 Å². The van der Waals surface area contributed by atoms with Gasteiger partial charge in [-0.2, -0.15) is 0 Å². The number of nitrogens with zero attached hydrogens (tertiary/aromatic N) is 3. The van der Waals surface area contributed by atoms with Crippen LogP contribution in [0.25, 0.3) is 0 Å². The third-order valence-corrected chi connectivity index (χ3v) is 11.5. The van der Waals surface area contributed by atoms with Crippen LogP contribution in [0.1, 0.15) is 98.5 Å². The minimum Gasteiger partial charge on any atom is -0.480 e. The standard InChI is InChI=1S/C45H76N14O10/c1-7-25(4)34(57-37(62)29(16-11-19-51-44(47)48)53-38(63)32(55-36(61)26(5)46)23-28-14-9-8-10-15-28)42(67)59-21-13-18-33(59)40(65)56-31(22-24(2)3)39(64)58-35(27(6)60)41(66)54-30(43(68)69)17-12-20-52-45(49)50/h8-10,14-15,24-27,29-35,60H,7,11-13,16-23,46H2,1-6H3,(H,53,63)(H,54,66)(H,55,61)(H,56,65)(H,57,62)(H,58,64)(H,68,69)(H4,47,48,51)(H4,49,50,52)/t25-,26-,27+,29-,30-,31-,32-,33-,34-,35-/m0/s1. The first-order valence-electron chi connectivity index (χ1n) is 23.4. The predicted molar refractivity (Wildman–Crippen MR) is 258 cm³/mol. The molecule has 386 valence electrons. The van der Waals surface area contributed by atoms with Crippen LogP contribution in [-0.4, -0.2) is 148 Å². The van der Waals surface area contributed by atoms with E-state index >= 15 is 0 Å². The summed E-state index contributed by atoms with van der Waals surface area (Å²) in [6.07, 6.45) is 0.115. The van der Waals surface area contributed by atoms with Crippen LogP contribution in [0.5, 0.6) is 0 Å². The quantitative estimate of drug-likeness (QED) is 0.0218. The molecular weight excluding hydrogens is 897 g/mol. The van der Waals surface area contributed by atoms with E-state index in [0.29, 0.717) is 12.8 Å². The van der Waals surface area contributed by atoms with Crippen LogP contribution in [0.2, 0.25) is 0 Å². The van der Waals surface area contributed by atoms with Gasteiger partial charge in [0.05, 0.1) is 12.1 Å². The summed E-state index contributed by atoms with van der Waals surface area (Å²) in [5, 5.41) is 36.0. The lowest BCUT2D eigenvalue weighted by Crippen LogP contribution is -2.61. The van der Waals surface area contributed by atoms with E-state index in [0.717, 1.165) is 5.56 Å². The molecule has 69 heavy (non-hydrogen) atoms. The molecule has 1 fully saturated rings. The maximum atomic E-state index is 14.5. The van der Waals surface area contributed by atoms with Gasteiger partial charge in [-0.3, -0.25) is 43.5 Å². The summed E-state index contributed by atoms with van der Waals surface area (Å²) in [4.78, 5) is 118. The molecule has 1 aromatic rings. The van der Waals surface area contributed by atoms with E-state index in [1.807, 2.05) is 6.92 Å². The molecular formula is C45H76N14O10. The lowest BCUT2D eigenvalue weighted by Gasteiger charge is -2.33. The fraction of sp³-hybridized carbons (Fsp3) is 0.644. The van der Waals surface area contributed by atoms with Crippen molar-refractivity contribution in [2.24, 2.45) is 50.5 Å². The minimum absolute atomic E-state index is 0.0293. The van der Waals surface area contributed by atoms with E-state index in [1.165, 1.54) is 18.7 Å². The third kappa shape index (κ3) is 20.3. The fourth-order valence-electron chi connectivity index (χ4n) is 7.48. The van der Waals surface area contributed by atoms with Gasteiger partial charge in [-0.15, -0.1) is 0 Å². The molecule has 0 saturated carbocycles. The van der Waals surface area contributed by atoms with Crippen molar-refractivity contribution in [3.63, 3.8) is 0 Å². The number of hydrogen-bond donors (Lipinski definition) is 13. The molecule has 1 heterocycles. The zero-order valence-corrected chi connectivity index (χ0v) is 40.6. The number of carboxylic acids is 1. The number of aliphatic hydroxyl groups excluding tert-OH is 1. The van der Waals surface area contributed by atoms with Crippen molar-refractivity contribution in [3.05, 3.63) is 35.9 Å². The molecule has 0 radical (unpaired) electrons. The number of aliphatic hydroxyl groups is 1. The molecule has 0 bridgehead atoms. The number of aliphatic carboxylic acids is 1. The molecule has 1 aromatic carbocycles. The summed E-state index contributed by atoms with van der Waals surface area (Å²) in [5.41, 5.74) is 28.2. The number of nitrogens with two attached hydrogens (primary N) is 5. The second kappa shape index (κ2) is 29.4. The van der Waals surface area contributed by atoms with Crippen molar-refractivity contribution >= 4 is 59.2 Å². The normalized spacial score (nSPS) is 17.2. The Bertz CT molecular complexity index is 1940. The lowest BCUT2D eigenvalue weighted by molar-refractivity contribution is -0.144. The van der Waals surface area contributed by atoms with Crippen LogP contribution >= 0.6 is 0 Å². The number of aliphatic imine (C=N–C) groups is 2. The molecule has 24 nitrogen and oxygen atoms in total. The SMILES string of the molecule is CC[C@H](C)[C@H](NC(=O)[C@H](CCCN=C(N)N)NC(=O)[C@H](Cc1ccccc1)NC(=O)[C@H](C)N)C(=O)N1CCC[C@H]1C(=O)N[C@@H](CC(C)C)C(=O)N[C@H](C(=O)N[C@@H](CCCN=C(N)N)C(=O)O)[C@@H](C)O. The maximum Gasteiger partial charge on any atom is 0.326 e. The van der Waals surface area contributed by atoms with Gasteiger partial charge < -0.3 is 75.7 Å². The second-order valence-corrected chi connectivity index (χ2v) is 17.9. The van der Waals surface area contributed by atoms with Crippen LogP contribution in [-0.2, 0) is 44.8 Å². The highest BCUT2D eigenvalue weighted by Gasteiger charge is 2.42. The molecule has 18 N–H and O–H groups in total. The van der Waals surface area contributed by atoms with Gasteiger partial charge in [0.25, 0.3) is 0 Å². The molecule has 1 saturated heterocycles. The van der Waals surface area contributed by atoms with Crippen LogP contribution in [0, 0.1) is 11.8 Å². The van der Waals surface area contributed by atoms with Gasteiger partial charge in [-0.05, 0) is 76.2 Å². The van der Waals surface area contributed by atoms with Crippen molar-refractivity contribution in [3.8, 4) is 0 Å². The highest BCUT2D eigenvalue weighted by Crippen LogP contribution is 2.23. The largest absolute Gasteiger partial charge is 0.480 e. The van der Waals surface area contributed by atoms with Crippen LogP contribution < -0.4 is 60.6 Å². The fourth-order valence-corrected chi connectivity index (χ4v) is 7.48. The van der Waals surface area contributed by atoms with E-state index in [-0.39, 0.29) is 82.4 Å². The molecule has 1 aliphatic heterocycles. The van der Waals surface area contributed by atoms with Gasteiger partial charge in [0.1, 0.15) is 42.3 Å². The number of rotatable bonds is 29. The number of carbonyl (C=O) groups is 8. The number of hydrogen-bond acceptors (Lipinski definition) is 12. The molecule has 0 spiro atoms. The molecule has 1 aliphatic rings. The number of amides is 7. The number of carbonyl (C=O) groups excluding carboxylic acids is 7. The Morgan fingerprint density at radius 1 is 0.696 bits per heavy atom. The summed E-state index contributed by atoms with van der Waals surface area (Å²) in [7, 11) is 0. The highest BCUT2D eigenvalue weighted by atomic mass is 16.4. The summed E-state index contributed by atoms with van der Waals surface area (Å²) >= 11 is 0. The van der Waals surface area contributed by atoms with Gasteiger partial charge in [-0.1, -0.05) is 64.4 Å². The molecule has 0 aromatic heterocycles. The minimum atomic E-state index is -1.61. The van der Waals surface area contributed by atoms with Crippen LogP contribution in [0.3, 0.4) is 0 Å². The average Bonchev–Trinajstić information content (AvgIpc) is 3.78. The van der Waals surface area contributed by atoms with Gasteiger partial charge in [0.2, 0.25) is 41.4 Å². The number of benzene rings is 1. The first-order valence-corrected chi connectivity index (χ1v) is 23.4. The summed E-state index contributed by atoms with van der Waals surface area (Å²) in [6.45, 7) is 10.2. The summed E-state index contributed by atoms with van der Waals surface area (Å²) in [6, 6.07) is -0.897. The monoisotopic (exact) mass is 973 g/mol. The third-order valence-electron chi connectivity index (χ3n) is 11.5. The lowest BCUT2D eigenvalue weighted by atomic mass is 9.96. The van der Waals surface area contributed by atoms with Crippen molar-refractivity contribution in [2.45, 2.75) is 154 Å². The summed E-state index contributed by atoms with van der Waals surface area (Å²) in [5.74, 6) is -7.42. The smallest absolute Gasteiger partial charge is 0.326 e. The number of likely N-dealkylation sites (tertiary alicyclic amines) is 1. The van der Waals surface area contributed by atoms with Gasteiger partial charge in [-0.25, -0.2) is 4.79 Å². The van der Waals surface area contributed by atoms with E-state index in [9.17, 15) is 48.6 Å². The molecule has 24 heteroatoms. The summed E-state index contributed by atoms with van der Waals surface area (Å²) < 4.78 is 0. The van der Waals surface area contributed by atoms with E-state index in [1.54, 1.807) is 51.1 Å². The Morgan fingerprint density at radius 3 is 1.74 bits per heavy atom. The van der Waals surface area contributed by atoms with Crippen molar-refractivity contribution in [2.75, 3.05) is 19.6 Å². The van der Waals surface area contributed by atoms with Crippen molar-refractivity contribution < 1.29 is 48.6 Å². The Morgan fingerprint density at radius 2 is 1.22 bits per heavy atom. The first kappa shape index (κ1) is 58.6. The molecule has 0 unspecified atom stereocenters. The Kier molecular flexibility index (Phi) is 24.9. The zero-order valence-electron chi connectivity index (χ0n) is 40.6. The van der Waals surface area contributed by atoms with Crippen molar-refractivity contribution in [1.82, 2.24) is 36.8 Å². The van der Waals surface area contributed by atoms with Crippen molar-refractivity contribution in [1.29, 1.82) is 0 Å². The predicted octanol–water partition coefficient (Wildman–Crippen LogP) is -2.86. The van der Waals surface area contributed by atoms with Gasteiger partial charge >= 0.3 is 5.97 Å². The Balaban J connectivity index is 2.36. The zero-order chi connectivity index (χ0) is 52.0. The molecule has 7 amide bonds. The van der Waals surface area contributed by atoms with Crippen LogP contribution in [0.15, 0.2) is 40.3 Å². The first-order chi connectivity index (χ1) is 32.5. The van der Waals surface area contributed by atoms with E-state index in [2.05, 4.69) is 41.9 Å². The number of guanidine groups is 2. The number of carboxylic acid groups (broad SMARTS) is 1. The Labute approximate surface area is 403 Å². The molecule has 0 aliphatic carbocycles. The number of nitrogens with one attached hydrogen (secondary N) is 6. The van der Waals surface area contributed by atoms with E-state index < -0.39 is 108 Å². The highest BCUT2D eigenvalue weighted by molar-refractivity contribution is 5.98. The molecule has 10 atom stereocenters. The average molecular weight is 973 g/mol. The topological polar surface area (TPSA) is 407 Å². The van der Waals surface area contributed by atoms with E-state index in [4.69, 9.17) is 28.7 Å². The maximum absolute atomic E-state index is 14.5. The molecule has 2 rings (SSSR count). The second-order valence-electron chi connectivity index (χ2n) is 17.9. The van der Waals surface area contributed by atoms with Gasteiger partial charge in [0.15, 0.2) is 11.9 Å². The Hall–Kier alpha value is -6.56. The van der Waals surface area contributed by atoms with Gasteiger partial charge in [0, 0.05) is 26.1 Å².